The number of carbonyl (C=O) groups excluding carboxylic acids is 2. The van der Waals surface area contributed by atoms with Crippen molar-refractivity contribution >= 4 is 11.9 Å². The van der Waals surface area contributed by atoms with Gasteiger partial charge in [-0.1, -0.05) is 13.2 Å². The highest BCUT2D eigenvalue weighted by atomic mass is 16.5. The Balaban J connectivity index is 3.98. The molecule has 0 aromatic carbocycles. The van der Waals surface area contributed by atoms with Crippen molar-refractivity contribution in [1.29, 1.82) is 0 Å². The van der Waals surface area contributed by atoms with Crippen molar-refractivity contribution in [2.75, 3.05) is 39.5 Å². The molecule has 0 spiro atoms. The molecule has 0 bridgehead atoms. The Kier molecular flexibility index (Phi) is 9.32. The summed E-state index contributed by atoms with van der Waals surface area (Å²) in [6.07, 6.45) is 0. The molecule has 0 saturated carbocycles. The molecule has 0 saturated heterocycles. The minimum Gasteiger partial charge on any atom is -0.461 e. The molecule has 0 aliphatic rings. The normalized spacial score (nSPS) is 10.2. The van der Waals surface area contributed by atoms with E-state index in [0.29, 0.717) is 30.8 Å². The van der Waals surface area contributed by atoms with Crippen LogP contribution >= 0.6 is 0 Å². The van der Waals surface area contributed by atoms with Crippen LogP contribution in [0.5, 0.6) is 0 Å². The molecule has 0 radical (unpaired) electrons. The summed E-state index contributed by atoms with van der Waals surface area (Å²) in [6.45, 7) is 11.8. The van der Waals surface area contributed by atoms with Crippen LogP contribution in [-0.4, -0.2) is 61.4 Å². The van der Waals surface area contributed by atoms with Crippen LogP contribution in [-0.2, 0) is 19.1 Å². The Labute approximate surface area is 119 Å². The molecule has 0 rings (SSSR count). The highest BCUT2D eigenvalue weighted by molar-refractivity contribution is 5.87. The highest BCUT2D eigenvalue weighted by Crippen LogP contribution is 1.96. The van der Waals surface area contributed by atoms with Crippen molar-refractivity contribution in [2.24, 2.45) is 0 Å². The van der Waals surface area contributed by atoms with Gasteiger partial charge < -0.3 is 14.6 Å². The van der Waals surface area contributed by atoms with Gasteiger partial charge in [-0.15, -0.1) is 0 Å². The van der Waals surface area contributed by atoms with E-state index < -0.39 is 11.9 Å². The Morgan fingerprint density at radius 1 is 0.950 bits per heavy atom. The lowest BCUT2D eigenvalue weighted by Gasteiger charge is -2.20. The van der Waals surface area contributed by atoms with Gasteiger partial charge in [-0.25, -0.2) is 9.59 Å². The van der Waals surface area contributed by atoms with Crippen LogP contribution in [0.15, 0.2) is 24.3 Å². The molecular formula is C14H23NO5. The molecule has 0 aliphatic heterocycles. The molecule has 0 aromatic rings. The first-order chi connectivity index (χ1) is 9.38. The van der Waals surface area contributed by atoms with Gasteiger partial charge in [-0.05, 0) is 13.8 Å². The third-order valence-corrected chi connectivity index (χ3v) is 2.39. The fourth-order valence-corrected chi connectivity index (χ4v) is 1.26. The van der Waals surface area contributed by atoms with E-state index in [1.807, 2.05) is 4.90 Å². The van der Waals surface area contributed by atoms with E-state index in [4.69, 9.17) is 14.6 Å². The van der Waals surface area contributed by atoms with Gasteiger partial charge >= 0.3 is 11.9 Å². The maximum absolute atomic E-state index is 11.2. The van der Waals surface area contributed by atoms with Crippen LogP contribution in [0.1, 0.15) is 13.8 Å². The molecule has 0 aromatic heterocycles. The molecule has 0 amide bonds. The number of carbonyl (C=O) groups is 2. The molecule has 6 nitrogen and oxygen atoms in total. The van der Waals surface area contributed by atoms with Crippen LogP contribution in [0.3, 0.4) is 0 Å². The average Bonchev–Trinajstić information content (AvgIpc) is 2.37. The van der Waals surface area contributed by atoms with Crippen LogP contribution in [0.25, 0.3) is 0 Å². The van der Waals surface area contributed by atoms with Gasteiger partial charge in [0.2, 0.25) is 0 Å². The van der Waals surface area contributed by atoms with E-state index in [2.05, 4.69) is 13.2 Å². The van der Waals surface area contributed by atoms with E-state index in [1.54, 1.807) is 13.8 Å². The number of esters is 2. The van der Waals surface area contributed by atoms with Gasteiger partial charge in [0.05, 0.1) is 6.61 Å². The third kappa shape index (κ3) is 8.44. The quantitative estimate of drug-likeness (QED) is 0.466. The number of hydrogen-bond acceptors (Lipinski definition) is 6. The molecule has 1 N–H and O–H groups in total. The molecule has 0 fully saturated rings. The average molecular weight is 285 g/mol. The number of aliphatic hydroxyl groups excluding tert-OH is 1. The lowest BCUT2D eigenvalue weighted by Crippen LogP contribution is -2.34. The summed E-state index contributed by atoms with van der Waals surface area (Å²) in [5.74, 6) is -0.884. The number of nitrogens with zero attached hydrogens (tertiary/aromatic N) is 1. The van der Waals surface area contributed by atoms with E-state index in [-0.39, 0.29) is 19.8 Å². The Morgan fingerprint density at radius 2 is 1.35 bits per heavy atom. The molecule has 0 unspecified atom stereocenters. The first-order valence-corrected chi connectivity index (χ1v) is 6.37. The lowest BCUT2D eigenvalue weighted by atomic mass is 10.3. The molecule has 20 heavy (non-hydrogen) atoms. The van der Waals surface area contributed by atoms with Crippen molar-refractivity contribution in [2.45, 2.75) is 13.8 Å². The van der Waals surface area contributed by atoms with Crippen molar-refractivity contribution in [3.63, 3.8) is 0 Å². The predicted octanol–water partition coefficient (Wildman–Crippen LogP) is 0.519. The maximum atomic E-state index is 11.2. The summed E-state index contributed by atoms with van der Waals surface area (Å²) < 4.78 is 9.92. The molecule has 6 heteroatoms. The largest absolute Gasteiger partial charge is 0.461 e. The standard InChI is InChI=1S/C14H23NO5/c1-11(2)13(17)19-9-6-15(5-8-16)7-10-20-14(18)12(3)4/h16H,1,3,5-10H2,2,4H3. The van der Waals surface area contributed by atoms with Crippen molar-refractivity contribution in [1.82, 2.24) is 4.90 Å². The molecular weight excluding hydrogens is 262 g/mol. The number of ether oxygens (including phenoxy) is 2. The van der Waals surface area contributed by atoms with Gasteiger partial charge in [0.25, 0.3) is 0 Å². The van der Waals surface area contributed by atoms with Crippen molar-refractivity contribution in [3.8, 4) is 0 Å². The van der Waals surface area contributed by atoms with Crippen molar-refractivity contribution in [3.05, 3.63) is 24.3 Å². The Hall–Kier alpha value is -1.66. The van der Waals surface area contributed by atoms with Crippen molar-refractivity contribution < 1.29 is 24.2 Å². The summed E-state index contributed by atoms with van der Waals surface area (Å²) >= 11 is 0. The minimum atomic E-state index is -0.442. The van der Waals surface area contributed by atoms with Gasteiger partial charge in [0.15, 0.2) is 0 Å². The smallest absolute Gasteiger partial charge is 0.333 e. The minimum absolute atomic E-state index is 0.0249. The predicted molar refractivity (Wildman–Crippen MR) is 75.1 cm³/mol. The summed E-state index contributed by atoms with van der Waals surface area (Å²) in [4.78, 5) is 24.2. The summed E-state index contributed by atoms with van der Waals surface area (Å²) in [6, 6.07) is 0. The molecule has 114 valence electrons. The Morgan fingerprint density at radius 3 is 1.65 bits per heavy atom. The van der Waals surface area contributed by atoms with E-state index >= 15 is 0 Å². The van der Waals surface area contributed by atoms with Gasteiger partial charge in [0.1, 0.15) is 13.2 Å². The van der Waals surface area contributed by atoms with Gasteiger partial charge in [-0.3, -0.25) is 4.90 Å². The fourth-order valence-electron chi connectivity index (χ4n) is 1.26. The monoisotopic (exact) mass is 285 g/mol. The summed E-state index contributed by atoms with van der Waals surface area (Å²) in [5.41, 5.74) is 0.684. The number of aliphatic hydroxyl groups is 1. The SMILES string of the molecule is C=C(C)C(=O)OCCN(CCO)CCOC(=O)C(=C)C. The second kappa shape index (κ2) is 10.2. The second-order valence-electron chi connectivity index (χ2n) is 4.40. The highest BCUT2D eigenvalue weighted by Gasteiger charge is 2.09. The summed E-state index contributed by atoms with van der Waals surface area (Å²) in [7, 11) is 0. The number of hydrogen-bond donors (Lipinski definition) is 1. The van der Waals surface area contributed by atoms with Gasteiger partial charge in [0, 0.05) is 30.8 Å². The second-order valence-corrected chi connectivity index (χ2v) is 4.40. The zero-order valence-corrected chi connectivity index (χ0v) is 12.2. The fraction of sp³-hybridized carbons (Fsp3) is 0.571. The zero-order valence-electron chi connectivity index (χ0n) is 12.2. The first-order valence-electron chi connectivity index (χ1n) is 6.37. The first kappa shape index (κ1) is 18.3. The van der Waals surface area contributed by atoms with E-state index in [0.717, 1.165) is 0 Å². The van der Waals surface area contributed by atoms with E-state index in [9.17, 15) is 9.59 Å². The Bertz CT molecular complexity index is 333. The van der Waals surface area contributed by atoms with Crippen LogP contribution in [0.4, 0.5) is 0 Å². The molecule has 0 heterocycles. The zero-order chi connectivity index (χ0) is 15.5. The molecule has 0 aliphatic carbocycles. The molecule has 0 atom stereocenters. The lowest BCUT2D eigenvalue weighted by molar-refractivity contribution is -0.139. The maximum Gasteiger partial charge on any atom is 0.333 e. The van der Waals surface area contributed by atoms with Gasteiger partial charge in [-0.2, -0.15) is 0 Å². The summed E-state index contributed by atoms with van der Waals surface area (Å²) in [5, 5.41) is 8.94. The number of rotatable bonds is 10. The van der Waals surface area contributed by atoms with E-state index in [1.165, 1.54) is 0 Å². The van der Waals surface area contributed by atoms with Crippen LogP contribution in [0.2, 0.25) is 0 Å². The third-order valence-electron chi connectivity index (χ3n) is 2.39. The topological polar surface area (TPSA) is 76.1 Å². The van der Waals surface area contributed by atoms with Crippen LogP contribution < -0.4 is 0 Å². The van der Waals surface area contributed by atoms with Crippen LogP contribution in [0, 0.1) is 0 Å².